The number of hydrogen-bond acceptors (Lipinski definition) is 1. The number of halogens is 3. The highest BCUT2D eigenvalue weighted by atomic mass is 79.9. The molecule has 1 aromatic rings. The number of rotatable bonds is 6. The Labute approximate surface area is 136 Å². The number of benzene rings is 1. The predicted octanol–water partition coefficient (Wildman–Crippen LogP) is 5.03. The summed E-state index contributed by atoms with van der Waals surface area (Å²) in [6, 6.07) is 5.21. The summed E-state index contributed by atoms with van der Waals surface area (Å²) >= 11 is 12.8. The first-order chi connectivity index (χ1) is 8.96. The van der Waals surface area contributed by atoms with Gasteiger partial charge in [0.25, 0.3) is 5.91 Å². The molecule has 0 aliphatic heterocycles. The van der Waals surface area contributed by atoms with Crippen LogP contribution in [0.5, 0.6) is 0 Å². The van der Waals surface area contributed by atoms with Crippen molar-refractivity contribution >= 4 is 49.4 Å². The van der Waals surface area contributed by atoms with Crippen LogP contribution in [0.15, 0.2) is 22.7 Å². The molecule has 0 bridgehead atoms. The summed E-state index contributed by atoms with van der Waals surface area (Å²) < 4.78 is 0.808. The molecule has 1 amide bonds. The van der Waals surface area contributed by atoms with Gasteiger partial charge in [0, 0.05) is 26.9 Å². The average Bonchev–Trinajstić information content (AvgIpc) is 2.39. The molecule has 0 aromatic heterocycles. The van der Waals surface area contributed by atoms with E-state index in [1.54, 1.807) is 18.2 Å². The Balaban J connectivity index is 2.74. The minimum Gasteiger partial charge on any atom is -0.351 e. The number of nitrogens with one attached hydrogen (secondary N) is 1. The molecule has 19 heavy (non-hydrogen) atoms. The van der Waals surface area contributed by atoms with E-state index >= 15 is 0 Å². The van der Waals surface area contributed by atoms with Crippen LogP contribution in [0.2, 0.25) is 5.02 Å². The van der Waals surface area contributed by atoms with Gasteiger partial charge in [-0.25, -0.2) is 0 Å². The van der Waals surface area contributed by atoms with Gasteiger partial charge in [-0.05, 0) is 36.5 Å². The molecule has 0 radical (unpaired) electrons. The Morgan fingerprint density at radius 1 is 1.32 bits per heavy atom. The quantitative estimate of drug-likeness (QED) is 0.654. The van der Waals surface area contributed by atoms with Crippen molar-refractivity contribution in [2.45, 2.75) is 26.7 Å². The summed E-state index contributed by atoms with van der Waals surface area (Å²) in [5, 5.41) is 4.43. The fourth-order valence-corrected chi connectivity index (χ4v) is 3.64. The lowest BCUT2D eigenvalue weighted by Gasteiger charge is -2.29. The largest absolute Gasteiger partial charge is 0.351 e. The minimum atomic E-state index is -0.0876. The zero-order valence-electron chi connectivity index (χ0n) is 11.1. The minimum absolute atomic E-state index is 0.0876. The second kappa shape index (κ2) is 7.65. The van der Waals surface area contributed by atoms with E-state index in [0.717, 1.165) is 22.6 Å². The number of carbonyl (C=O) groups excluding carboxylic acids is 1. The van der Waals surface area contributed by atoms with Crippen LogP contribution in [-0.2, 0) is 0 Å². The van der Waals surface area contributed by atoms with Crippen molar-refractivity contribution in [2.75, 3.05) is 11.9 Å². The summed E-state index contributed by atoms with van der Waals surface area (Å²) in [4.78, 5) is 12.1. The van der Waals surface area contributed by atoms with Crippen molar-refractivity contribution in [1.82, 2.24) is 5.32 Å². The molecule has 0 aliphatic carbocycles. The Morgan fingerprint density at radius 2 is 1.95 bits per heavy atom. The molecular formula is C14H18Br2ClNO. The molecule has 1 rings (SSSR count). The monoisotopic (exact) mass is 409 g/mol. The van der Waals surface area contributed by atoms with E-state index < -0.39 is 0 Å². The molecular weight excluding hydrogens is 393 g/mol. The molecule has 1 N–H and O–H groups in total. The van der Waals surface area contributed by atoms with Gasteiger partial charge in [-0.3, -0.25) is 4.79 Å². The van der Waals surface area contributed by atoms with E-state index in [9.17, 15) is 4.79 Å². The zero-order chi connectivity index (χ0) is 14.5. The van der Waals surface area contributed by atoms with Crippen LogP contribution in [-0.4, -0.2) is 17.8 Å². The third-order valence-electron chi connectivity index (χ3n) is 3.53. The van der Waals surface area contributed by atoms with Crippen molar-refractivity contribution in [3.8, 4) is 0 Å². The first-order valence-corrected chi connectivity index (χ1v) is 8.56. The molecule has 0 unspecified atom stereocenters. The molecule has 0 saturated heterocycles. The topological polar surface area (TPSA) is 29.1 Å². The highest BCUT2D eigenvalue weighted by molar-refractivity contribution is 9.10. The van der Waals surface area contributed by atoms with Crippen LogP contribution in [0.4, 0.5) is 0 Å². The van der Waals surface area contributed by atoms with E-state index in [4.69, 9.17) is 11.6 Å². The van der Waals surface area contributed by atoms with Crippen LogP contribution in [0.25, 0.3) is 0 Å². The molecule has 0 saturated carbocycles. The normalized spacial score (nSPS) is 11.4. The van der Waals surface area contributed by atoms with Crippen LogP contribution in [0.1, 0.15) is 37.0 Å². The molecule has 106 valence electrons. The lowest BCUT2D eigenvalue weighted by Crippen LogP contribution is -2.38. The Morgan fingerprint density at radius 3 is 2.42 bits per heavy atom. The number of alkyl halides is 1. The van der Waals surface area contributed by atoms with Crippen molar-refractivity contribution < 1.29 is 4.79 Å². The summed E-state index contributed by atoms with van der Waals surface area (Å²) in [6.07, 6.45) is 2.04. The van der Waals surface area contributed by atoms with Gasteiger partial charge in [0.15, 0.2) is 0 Å². The Hall–Kier alpha value is -0.0600. The highest BCUT2D eigenvalue weighted by Gasteiger charge is 2.25. The van der Waals surface area contributed by atoms with E-state index in [1.807, 2.05) is 0 Å². The van der Waals surface area contributed by atoms with Crippen molar-refractivity contribution in [3.63, 3.8) is 0 Å². The van der Waals surface area contributed by atoms with Crippen LogP contribution in [0.3, 0.4) is 0 Å². The first-order valence-electron chi connectivity index (χ1n) is 6.26. The summed E-state index contributed by atoms with van der Waals surface area (Å²) in [5.41, 5.74) is 0.695. The van der Waals surface area contributed by atoms with Crippen molar-refractivity contribution in [3.05, 3.63) is 33.3 Å². The number of amides is 1. The number of hydrogen-bond donors (Lipinski definition) is 1. The maximum atomic E-state index is 12.1. The maximum absolute atomic E-state index is 12.1. The van der Waals surface area contributed by atoms with Crippen LogP contribution < -0.4 is 5.32 Å². The van der Waals surface area contributed by atoms with Gasteiger partial charge in [-0.2, -0.15) is 0 Å². The second-order valence-corrected chi connectivity index (χ2v) is 6.59. The molecule has 0 aliphatic rings. The molecule has 0 spiro atoms. The van der Waals surface area contributed by atoms with Gasteiger partial charge in [-0.1, -0.05) is 57.3 Å². The van der Waals surface area contributed by atoms with Gasteiger partial charge in [0.05, 0.1) is 0 Å². The lowest BCUT2D eigenvalue weighted by atomic mass is 9.84. The van der Waals surface area contributed by atoms with Crippen LogP contribution >= 0.6 is 43.5 Å². The van der Waals surface area contributed by atoms with E-state index in [1.165, 1.54) is 0 Å². The molecule has 0 atom stereocenters. The van der Waals surface area contributed by atoms with E-state index in [0.29, 0.717) is 17.1 Å². The molecule has 5 heteroatoms. The van der Waals surface area contributed by atoms with Gasteiger partial charge in [-0.15, -0.1) is 0 Å². The maximum Gasteiger partial charge on any atom is 0.251 e. The van der Waals surface area contributed by atoms with Crippen LogP contribution in [0, 0.1) is 5.41 Å². The third kappa shape index (κ3) is 4.76. The standard InChI is InChI=1S/C14H18Br2ClNO/c1-3-14(4-2,8-15)9-18-13(19)10-5-11(16)7-12(17)6-10/h5-7H,3-4,8-9H2,1-2H3,(H,18,19). The average molecular weight is 412 g/mol. The zero-order valence-corrected chi connectivity index (χ0v) is 15.0. The predicted molar refractivity (Wildman–Crippen MR) is 88.3 cm³/mol. The summed E-state index contributed by atoms with van der Waals surface area (Å²) in [5.74, 6) is -0.0876. The second-order valence-electron chi connectivity index (χ2n) is 4.68. The molecule has 0 fully saturated rings. The lowest BCUT2D eigenvalue weighted by molar-refractivity contribution is 0.0932. The van der Waals surface area contributed by atoms with E-state index in [-0.39, 0.29) is 11.3 Å². The van der Waals surface area contributed by atoms with Crippen molar-refractivity contribution in [1.29, 1.82) is 0 Å². The molecule has 1 aromatic carbocycles. The summed E-state index contributed by atoms with van der Waals surface area (Å²) in [7, 11) is 0. The Kier molecular flexibility index (Phi) is 6.84. The summed E-state index contributed by atoms with van der Waals surface area (Å²) in [6.45, 7) is 4.95. The van der Waals surface area contributed by atoms with E-state index in [2.05, 4.69) is 51.0 Å². The fraction of sp³-hybridized carbons (Fsp3) is 0.500. The SMILES string of the molecule is CCC(CC)(CBr)CNC(=O)c1cc(Cl)cc(Br)c1. The van der Waals surface area contributed by atoms with Crippen molar-refractivity contribution in [2.24, 2.45) is 5.41 Å². The number of carbonyl (C=O) groups is 1. The van der Waals surface area contributed by atoms with Gasteiger partial charge < -0.3 is 5.32 Å². The molecule has 2 nitrogen and oxygen atoms in total. The smallest absolute Gasteiger partial charge is 0.251 e. The van der Waals surface area contributed by atoms with Gasteiger partial charge >= 0.3 is 0 Å². The third-order valence-corrected chi connectivity index (χ3v) is 5.40. The Bertz CT molecular complexity index is 419. The first kappa shape index (κ1) is 17.0. The van der Waals surface area contributed by atoms with Gasteiger partial charge in [0.2, 0.25) is 0 Å². The fourth-order valence-electron chi connectivity index (χ4n) is 1.79. The molecule has 0 heterocycles. The highest BCUT2D eigenvalue weighted by Crippen LogP contribution is 2.28. The van der Waals surface area contributed by atoms with Gasteiger partial charge in [0.1, 0.15) is 0 Å².